The van der Waals surface area contributed by atoms with Crippen molar-refractivity contribution in [2.75, 3.05) is 0 Å². The minimum Gasteiger partial charge on any atom is -0.478 e. The minimum atomic E-state index is -1.06. The van der Waals surface area contributed by atoms with E-state index in [2.05, 4.69) is 0 Å². The van der Waals surface area contributed by atoms with Crippen LogP contribution >= 0.6 is 0 Å². The van der Waals surface area contributed by atoms with E-state index < -0.39 is 29.5 Å². The highest BCUT2D eigenvalue weighted by Crippen LogP contribution is 2.36. The van der Waals surface area contributed by atoms with Crippen molar-refractivity contribution in [3.8, 4) is 0 Å². The van der Waals surface area contributed by atoms with E-state index in [1.807, 2.05) is 51.1 Å². The maximum absolute atomic E-state index is 12.8. The lowest BCUT2D eigenvalue weighted by atomic mass is 10.00. The van der Waals surface area contributed by atoms with Crippen LogP contribution in [0.4, 0.5) is 4.79 Å². The third kappa shape index (κ3) is 5.08. The number of ether oxygens (including phenoxy) is 2. The Morgan fingerprint density at radius 1 is 1.27 bits per heavy atom. The average Bonchev–Trinajstić information content (AvgIpc) is 2.74. The van der Waals surface area contributed by atoms with Gasteiger partial charge in [-0.05, 0) is 52.7 Å². The number of aliphatic carboxylic acids is 1. The van der Waals surface area contributed by atoms with Crippen LogP contribution in [0.3, 0.4) is 0 Å². The smallest absolute Gasteiger partial charge is 0.412 e. The molecule has 0 radical (unpaired) electrons. The van der Waals surface area contributed by atoms with Crippen molar-refractivity contribution in [1.82, 2.24) is 4.90 Å². The quantitative estimate of drug-likeness (QED) is 0.829. The highest BCUT2D eigenvalue weighted by molar-refractivity contribution is 5.80. The van der Waals surface area contributed by atoms with Crippen LogP contribution in [-0.2, 0) is 20.7 Å². The van der Waals surface area contributed by atoms with Crippen molar-refractivity contribution in [1.29, 1.82) is 0 Å². The van der Waals surface area contributed by atoms with E-state index in [1.54, 1.807) is 18.7 Å². The largest absolute Gasteiger partial charge is 0.478 e. The van der Waals surface area contributed by atoms with Gasteiger partial charge in [-0.25, -0.2) is 9.59 Å². The summed E-state index contributed by atoms with van der Waals surface area (Å²) in [7, 11) is 0. The minimum absolute atomic E-state index is 0.377. The Labute approximate surface area is 154 Å². The number of carboxylic acid groups (broad SMARTS) is 1. The fourth-order valence-corrected chi connectivity index (χ4v) is 3.09. The van der Waals surface area contributed by atoms with Gasteiger partial charge in [0.1, 0.15) is 11.3 Å². The Morgan fingerprint density at radius 2 is 1.88 bits per heavy atom. The Kier molecular flexibility index (Phi) is 5.76. The molecular weight excluding hydrogens is 334 g/mol. The third-order valence-electron chi connectivity index (χ3n) is 4.02. The van der Waals surface area contributed by atoms with Crippen molar-refractivity contribution in [3.63, 3.8) is 0 Å². The van der Waals surface area contributed by atoms with Crippen LogP contribution < -0.4 is 0 Å². The van der Waals surface area contributed by atoms with Gasteiger partial charge in [-0.15, -0.1) is 0 Å². The molecule has 6 nitrogen and oxygen atoms in total. The lowest BCUT2D eigenvalue weighted by Crippen LogP contribution is -2.50. The number of carboxylic acids is 1. The molecule has 0 spiro atoms. The molecule has 0 bridgehead atoms. The number of nitrogens with zero attached hydrogens (tertiary/aromatic N) is 1. The lowest BCUT2D eigenvalue weighted by Gasteiger charge is -2.35. The topological polar surface area (TPSA) is 76.1 Å². The molecule has 0 saturated carbocycles. The number of carbonyl (C=O) groups is 2. The van der Waals surface area contributed by atoms with Crippen LogP contribution in [0, 0.1) is 0 Å². The Bertz CT molecular complexity index is 675. The van der Waals surface area contributed by atoms with Crippen molar-refractivity contribution >= 4 is 12.1 Å². The van der Waals surface area contributed by atoms with Crippen LogP contribution in [0.25, 0.3) is 0 Å². The van der Waals surface area contributed by atoms with E-state index >= 15 is 0 Å². The third-order valence-corrected chi connectivity index (χ3v) is 4.02. The van der Waals surface area contributed by atoms with Crippen LogP contribution in [0.1, 0.15) is 40.2 Å². The van der Waals surface area contributed by atoms with Crippen LogP contribution in [0.5, 0.6) is 0 Å². The second-order valence-electron chi connectivity index (χ2n) is 7.83. The molecule has 1 amide bonds. The molecule has 1 saturated heterocycles. The van der Waals surface area contributed by atoms with Gasteiger partial charge in [0.25, 0.3) is 0 Å². The van der Waals surface area contributed by atoms with E-state index in [9.17, 15) is 9.59 Å². The van der Waals surface area contributed by atoms with E-state index in [4.69, 9.17) is 14.6 Å². The molecule has 142 valence electrons. The van der Waals surface area contributed by atoms with Gasteiger partial charge in [0.2, 0.25) is 0 Å². The predicted octanol–water partition coefficient (Wildman–Crippen LogP) is 3.61. The number of benzene rings is 1. The SMILES string of the molecule is CC(C)(C)OC(=O)N1[C@@H](Cc2ccccc2)[C@@H](C=CC(=O)O)OC1(C)C. The molecule has 6 heteroatoms. The number of amides is 1. The fourth-order valence-electron chi connectivity index (χ4n) is 3.09. The van der Waals surface area contributed by atoms with Crippen LogP contribution in [-0.4, -0.2) is 45.5 Å². The van der Waals surface area contributed by atoms with Crippen molar-refractivity contribution in [2.45, 2.75) is 64.5 Å². The monoisotopic (exact) mass is 361 g/mol. The first kappa shape index (κ1) is 20.0. The molecule has 2 atom stereocenters. The van der Waals surface area contributed by atoms with Gasteiger partial charge < -0.3 is 14.6 Å². The molecule has 0 aliphatic carbocycles. The Morgan fingerprint density at radius 3 is 2.42 bits per heavy atom. The summed E-state index contributed by atoms with van der Waals surface area (Å²) in [6, 6.07) is 9.34. The molecule has 1 N–H and O–H groups in total. The molecule has 0 aromatic heterocycles. The number of hydrogen-bond acceptors (Lipinski definition) is 4. The molecule has 1 aromatic rings. The Balaban J connectivity index is 2.36. The summed E-state index contributed by atoms with van der Waals surface area (Å²) in [4.78, 5) is 25.4. The lowest BCUT2D eigenvalue weighted by molar-refractivity contribution is -0.131. The van der Waals surface area contributed by atoms with Crippen molar-refractivity contribution in [3.05, 3.63) is 48.0 Å². The average molecular weight is 361 g/mol. The van der Waals surface area contributed by atoms with Gasteiger partial charge in [-0.2, -0.15) is 0 Å². The molecule has 1 aromatic carbocycles. The van der Waals surface area contributed by atoms with Gasteiger partial charge in [0.15, 0.2) is 0 Å². The fraction of sp³-hybridized carbons (Fsp3) is 0.500. The highest BCUT2D eigenvalue weighted by Gasteiger charge is 2.50. The summed E-state index contributed by atoms with van der Waals surface area (Å²) < 4.78 is 11.6. The summed E-state index contributed by atoms with van der Waals surface area (Å²) in [5.41, 5.74) is -0.532. The summed E-state index contributed by atoms with van der Waals surface area (Å²) >= 11 is 0. The molecular formula is C20H27NO5. The zero-order chi connectivity index (χ0) is 19.5. The molecule has 26 heavy (non-hydrogen) atoms. The van der Waals surface area contributed by atoms with Gasteiger partial charge in [0.05, 0.1) is 12.1 Å². The van der Waals surface area contributed by atoms with Crippen molar-refractivity contribution in [2.24, 2.45) is 0 Å². The molecule has 1 heterocycles. The number of hydrogen-bond donors (Lipinski definition) is 1. The predicted molar refractivity (Wildman–Crippen MR) is 97.7 cm³/mol. The zero-order valence-electron chi connectivity index (χ0n) is 15.9. The molecule has 1 fully saturated rings. The summed E-state index contributed by atoms with van der Waals surface area (Å²) in [5, 5.41) is 8.96. The first-order valence-corrected chi connectivity index (χ1v) is 8.65. The second kappa shape index (κ2) is 7.50. The van der Waals surface area contributed by atoms with E-state index in [1.165, 1.54) is 6.08 Å². The van der Waals surface area contributed by atoms with Gasteiger partial charge in [-0.3, -0.25) is 4.90 Å². The molecule has 1 aliphatic rings. The maximum atomic E-state index is 12.8. The van der Waals surface area contributed by atoms with E-state index in [0.29, 0.717) is 6.42 Å². The standard InChI is InChI=1S/C20H27NO5/c1-19(2,3)26-18(24)21-15(13-14-9-7-6-8-10-14)16(11-12-17(22)23)25-20(21,4)5/h6-12,15-16H,13H2,1-5H3,(H,22,23)/t15-,16+/m0/s1. The first-order chi connectivity index (χ1) is 12.0. The highest BCUT2D eigenvalue weighted by atomic mass is 16.6. The second-order valence-corrected chi connectivity index (χ2v) is 7.83. The number of carbonyl (C=O) groups excluding carboxylic acids is 1. The zero-order valence-corrected chi connectivity index (χ0v) is 15.9. The van der Waals surface area contributed by atoms with Gasteiger partial charge in [-0.1, -0.05) is 30.3 Å². The van der Waals surface area contributed by atoms with Gasteiger partial charge in [0, 0.05) is 6.08 Å². The number of rotatable bonds is 4. The van der Waals surface area contributed by atoms with Crippen LogP contribution in [0.2, 0.25) is 0 Å². The Hall–Kier alpha value is -2.34. The summed E-state index contributed by atoms with van der Waals surface area (Å²) in [6.45, 7) is 8.99. The van der Waals surface area contributed by atoms with Crippen molar-refractivity contribution < 1.29 is 24.2 Å². The maximum Gasteiger partial charge on any atom is 0.412 e. The van der Waals surface area contributed by atoms with E-state index in [0.717, 1.165) is 11.6 Å². The van der Waals surface area contributed by atoms with Gasteiger partial charge >= 0.3 is 12.1 Å². The summed E-state index contributed by atoms with van der Waals surface area (Å²) in [5.74, 6) is -1.06. The summed E-state index contributed by atoms with van der Waals surface area (Å²) in [6.07, 6.45) is 2.04. The first-order valence-electron chi connectivity index (χ1n) is 8.65. The molecule has 1 aliphatic heterocycles. The molecule has 2 rings (SSSR count). The van der Waals surface area contributed by atoms with E-state index in [-0.39, 0.29) is 6.04 Å². The van der Waals surface area contributed by atoms with Crippen LogP contribution in [0.15, 0.2) is 42.5 Å². The molecule has 0 unspecified atom stereocenters. The normalized spacial score (nSPS) is 22.6.